The molecule has 3 aromatic carbocycles. The first kappa shape index (κ1) is 30.1. The van der Waals surface area contributed by atoms with Crippen molar-refractivity contribution in [3.8, 4) is 39.4 Å². The molecule has 0 unspecified atom stereocenters. The van der Waals surface area contributed by atoms with Crippen molar-refractivity contribution in [3.05, 3.63) is 142 Å². The van der Waals surface area contributed by atoms with E-state index >= 15 is 0 Å². The quantitative estimate of drug-likeness (QED) is 0.198. The highest BCUT2D eigenvalue weighted by Crippen LogP contribution is 2.37. The summed E-state index contributed by atoms with van der Waals surface area (Å²) in [7, 11) is 0. The Morgan fingerprint density at radius 2 is 0.816 bits per heavy atom. The lowest BCUT2D eigenvalue weighted by Gasteiger charge is -2.07. The van der Waals surface area contributed by atoms with Gasteiger partial charge in [-0.05, 0) is 92.5 Å². The van der Waals surface area contributed by atoms with Crippen LogP contribution in [0.3, 0.4) is 0 Å². The van der Waals surface area contributed by atoms with Crippen LogP contribution in [0.2, 0.25) is 0 Å². The zero-order valence-corrected chi connectivity index (χ0v) is 27.8. The Morgan fingerprint density at radius 1 is 0.469 bits per heavy atom. The summed E-state index contributed by atoms with van der Waals surface area (Å²) in [5, 5.41) is 9.62. The first-order valence-electron chi connectivity index (χ1n) is 16.7. The minimum absolute atomic E-state index is 0.389. The lowest BCUT2D eigenvalue weighted by Crippen LogP contribution is -1.92. The number of rotatable bonds is 5. The normalized spacial score (nSPS) is 12.0. The van der Waals surface area contributed by atoms with Crippen LogP contribution in [0.1, 0.15) is 51.5 Å². The number of aryl methyl sites for hydroxylation is 4. The van der Waals surface area contributed by atoms with E-state index in [1.165, 1.54) is 16.7 Å². The molecule has 0 saturated carbocycles. The van der Waals surface area contributed by atoms with Crippen molar-refractivity contribution in [3.63, 3.8) is 0 Å². The highest BCUT2D eigenvalue weighted by Gasteiger charge is 2.18. The Kier molecular flexibility index (Phi) is 7.62. The van der Waals surface area contributed by atoms with Crippen molar-refractivity contribution >= 4 is 46.4 Å². The summed E-state index contributed by atoms with van der Waals surface area (Å²) in [6.07, 6.45) is 9.39. The van der Waals surface area contributed by atoms with Gasteiger partial charge >= 0.3 is 0 Å². The van der Waals surface area contributed by atoms with Gasteiger partial charge in [-0.3, -0.25) is 0 Å². The Hall–Kier alpha value is -6.25. The average molecular weight is 634 g/mol. The number of nitrogens with zero attached hydrogens (tertiary/aromatic N) is 3. The van der Waals surface area contributed by atoms with Crippen LogP contribution in [0.4, 0.5) is 0 Å². The molecule has 236 valence electrons. The largest absolute Gasteiger partial charge is 0.355 e. The van der Waals surface area contributed by atoms with E-state index in [2.05, 4.69) is 158 Å². The van der Waals surface area contributed by atoms with Crippen molar-refractivity contribution in [2.45, 2.75) is 33.6 Å². The number of fused-ring (bicyclic) bond motifs is 8. The number of aromatic amines is 2. The molecule has 0 radical (unpaired) electrons. The molecule has 5 heteroatoms. The molecule has 0 spiro atoms. The van der Waals surface area contributed by atoms with E-state index in [-0.39, 0.29) is 0 Å². The molecule has 2 aliphatic rings. The van der Waals surface area contributed by atoms with Crippen molar-refractivity contribution in [2.75, 3.05) is 0 Å². The minimum Gasteiger partial charge on any atom is -0.355 e. The molecule has 0 saturated heterocycles. The summed E-state index contributed by atoms with van der Waals surface area (Å²) in [5.41, 5.74) is 18.3. The maximum Gasteiger partial charge on any atom is 0.0737 e. The predicted molar refractivity (Wildman–Crippen MR) is 203 cm³/mol. The van der Waals surface area contributed by atoms with Gasteiger partial charge in [0.25, 0.3) is 0 Å². The van der Waals surface area contributed by atoms with Crippen LogP contribution in [-0.4, -0.2) is 19.9 Å². The minimum atomic E-state index is 0.389. The summed E-state index contributed by atoms with van der Waals surface area (Å²) in [4.78, 5) is 18.1. The Bertz CT molecular complexity index is 2460. The number of H-pyrrole nitrogens is 2. The zero-order valence-electron chi connectivity index (χ0n) is 27.8. The standard InChI is InChI=1S/C44H35N5/c1-27-6-12-30(13-7-27)42-36-20-18-34(46-36)33(5-4-26-45)35-19-21-37(47-35)43(31-14-8-28(2)9-15-31)39-23-25-41(49-39)44(40-24-22-38(42)48-40)32-16-10-29(3)11-17-32/h6-25,46,49H,4-5H2,1-3H3. The van der Waals surface area contributed by atoms with Gasteiger partial charge in [0, 0.05) is 50.7 Å². The van der Waals surface area contributed by atoms with Crippen molar-refractivity contribution < 1.29 is 0 Å². The maximum absolute atomic E-state index is 9.62. The molecule has 0 atom stereocenters. The number of nitriles is 1. The van der Waals surface area contributed by atoms with Crippen LogP contribution in [0.25, 0.3) is 79.8 Å². The monoisotopic (exact) mass is 633 g/mol. The van der Waals surface area contributed by atoms with E-state index in [4.69, 9.17) is 9.97 Å². The van der Waals surface area contributed by atoms with Gasteiger partial charge in [0.2, 0.25) is 0 Å². The molecule has 2 N–H and O–H groups in total. The number of hydrogen-bond donors (Lipinski definition) is 2. The molecule has 3 aromatic heterocycles. The van der Waals surface area contributed by atoms with E-state index in [0.717, 1.165) is 83.8 Å². The third kappa shape index (κ3) is 5.68. The molecular weight excluding hydrogens is 599 g/mol. The van der Waals surface area contributed by atoms with Crippen LogP contribution in [0.5, 0.6) is 0 Å². The fourth-order valence-electron chi connectivity index (χ4n) is 6.78. The lowest BCUT2D eigenvalue weighted by molar-refractivity contribution is 1.00. The number of nitrogens with one attached hydrogen (secondary N) is 2. The number of aromatic nitrogens is 4. The second-order valence-electron chi connectivity index (χ2n) is 12.9. The summed E-state index contributed by atoms with van der Waals surface area (Å²) < 4.78 is 0. The molecule has 0 amide bonds. The third-order valence-corrected chi connectivity index (χ3v) is 9.37. The second kappa shape index (κ2) is 12.4. The number of benzene rings is 3. The first-order valence-corrected chi connectivity index (χ1v) is 16.7. The fraction of sp³-hybridized carbons (Fsp3) is 0.114. The highest BCUT2D eigenvalue weighted by atomic mass is 14.8. The lowest BCUT2D eigenvalue weighted by atomic mass is 10.0. The van der Waals surface area contributed by atoms with Gasteiger partial charge < -0.3 is 9.97 Å². The van der Waals surface area contributed by atoms with Gasteiger partial charge in [-0.15, -0.1) is 0 Å². The molecule has 6 aromatic rings. The molecule has 5 nitrogen and oxygen atoms in total. The van der Waals surface area contributed by atoms with E-state index in [9.17, 15) is 5.26 Å². The van der Waals surface area contributed by atoms with Crippen molar-refractivity contribution in [2.24, 2.45) is 0 Å². The molecule has 8 bridgehead atoms. The summed E-state index contributed by atoms with van der Waals surface area (Å²) in [6.45, 7) is 6.32. The summed E-state index contributed by atoms with van der Waals surface area (Å²) in [6, 6.07) is 36.7. The van der Waals surface area contributed by atoms with Gasteiger partial charge in [0.1, 0.15) is 0 Å². The fourth-order valence-corrected chi connectivity index (χ4v) is 6.78. The molecule has 5 heterocycles. The van der Waals surface area contributed by atoms with Crippen molar-refractivity contribution in [1.82, 2.24) is 19.9 Å². The number of hydrogen-bond acceptors (Lipinski definition) is 3. The average Bonchev–Trinajstić information content (AvgIpc) is 3.94. The topological polar surface area (TPSA) is 81.2 Å². The van der Waals surface area contributed by atoms with Crippen LogP contribution in [0.15, 0.2) is 97.1 Å². The Labute approximate surface area is 286 Å². The van der Waals surface area contributed by atoms with Gasteiger partial charge in [-0.25, -0.2) is 9.97 Å². The van der Waals surface area contributed by atoms with Crippen LogP contribution in [0, 0.1) is 32.1 Å². The van der Waals surface area contributed by atoms with Gasteiger partial charge in [-0.1, -0.05) is 89.5 Å². The van der Waals surface area contributed by atoms with E-state index in [1.807, 2.05) is 0 Å². The van der Waals surface area contributed by atoms with E-state index in [0.29, 0.717) is 12.8 Å². The Morgan fingerprint density at radius 3 is 1.22 bits per heavy atom. The molecule has 0 fully saturated rings. The first-order chi connectivity index (χ1) is 23.9. The molecule has 2 aliphatic heterocycles. The molecule has 8 rings (SSSR count). The SMILES string of the molecule is Cc1ccc(-c2c3nc(c(-c4ccc(C)cc4)c4ccc([nH]4)c(-c4ccc(C)cc4)c4nc(c(CCC#N)c5ccc2[nH]5)C=C4)C=C3)cc1. The zero-order chi connectivity index (χ0) is 33.5. The van der Waals surface area contributed by atoms with Gasteiger partial charge in [0.15, 0.2) is 0 Å². The Balaban J connectivity index is 1.55. The molecular formula is C44H35N5. The second-order valence-corrected chi connectivity index (χ2v) is 12.9. The van der Waals surface area contributed by atoms with E-state index in [1.54, 1.807) is 0 Å². The van der Waals surface area contributed by atoms with E-state index < -0.39 is 0 Å². The van der Waals surface area contributed by atoms with Gasteiger partial charge in [-0.2, -0.15) is 5.26 Å². The molecule has 0 aliphatic carbocycles. The van der Waals surface area contributed by atoms with Crippen LogP contribution >= 0.6 is 0 Å². The third-order valence-electron chi connectivity index (χ3n) is 9.37. The molecule has 49 heavy (non-hydrogen) atoms. The van der Waals surface area contributed by atoms with Crippen molar-refractivity contribution in [1.29, 1.82) is 5.26 Å². The summed E-state index contributed by atoms with van der Waals surface area (Å²) >= 11 is 0. The van der Waals surface area contributed by atoms with Crippen LogP contribution < -0.4 is 0 Å². The van der Waals surface area contributed by atoms with Gasteiger partial charge in [0.05, 0.1) is 28.8 Å². The summed E-state index contributed by atoms with van der Waals surface area (Å²) in [5.74, 6) is 0. The van der Waals surface area contributed by atoms with Crippen LogP contribution in [-0.2, 0) is 6.42 Å². The predicted octanol–water partition coefficient (Wildman–Crippen LogP) is 11.0. The highest BCUT2D eigenvalue weighted by molar-refractivity contribution is 5.97. The smallest absolute Gasteiger partial charge is 0.0737 e. The maximum atomic E-state index is 9.62.